The lowest BCUT2D eigenvalue weighted by Gasteiger charge is -2.31. The molecular formula is C10H17NO3. The van der Waals surface area contributed by atoms with Gasteiger partial charge in [0.2, 0.25) is 0 Å². The Kier molecular flexibility index (Phi) is 3.37. The Hall–Kier alpha value is -0.610. The molecule has 0 spiro atoms. The van der Waals surface area contributed by atoms with E-state index >= 15 is 0 Å². The number of amides is 1. The molecule has 2 saturated heterocycles. The van der Waals surface area contributed by atoms with E-state index in [0.29, 0.717) is 19.8 Å². The summed E-state index contributed by atoms with van der Waals surface area (Å²) in [5.41, 5.74) is 0. The number of carbonyl (C=O) groups excluding carboxylic acids is 1. The van der Waals surface area contributed by atoms with Gasteiger partial charge in [0.15, 0.2) is 6.10 Å². The minimum Gasteiger partial charge on any atom is -0.376 e. The summed E-state index contributed by atoms with van der Waals surface area (Å²) in [6.07, 6.45) is 3.15. The van der Waals surface area contributed by atoms with E-state index in [-0.39, 0.29) is 12.0 Å². The molecule has 0 saturated carbocycles. The lowest BCUT2D eigenvalue weighted by atomic mass is 10.1. The van der Waals surface area contributed by atoms with E-state index in [9.17, 15) is 4.79 Å². The molecule has 1 unspecified atom stereocenters. The highest BCUT2D eigenvalue weighted by molar-refractivity contribution is 5.81. The molecule has 0 radical (unpaired) electrons. The van der Waals surface area contributed by atoms with Gasteiger partial charge in [-0.15, -0.1) is 0 Å². The van der Waals surface area contributed by atoms with E-state index < -0.39 is 0 Å². The Bertz CT molecular complexity index is 176. The van der Waals surface area contributed by atoms with Crippen LogP contribution < -0.4 is 0 Å². The normalized spacial score (nSPS) is 28.9. The number of nitrogens with zero attached hydrogens (tertiary/aromatic N) is 1. The summed E-state index contributed by atoms with van der Waals surface area (Å²) in [7, 11) is 0. The fraction of sp³-hybridized carbons (Fsp3) is 0.900. The second-order valence-electron chi connectivity index (χ2n) is 3.82. The van der Waals surface area contributed by atoms with Crippen LogP contribution in [0.3, 0.4) is 0 Å². The van der Waals surface area contributed by atoms with Crippen LogP contribution >= 0.6 is 0 Å². The summed E-state index contributed by atoms with van der Waals surface area (Å²) in [5, 5.41) is 0. The highest BCUT2D eigenvalue weighted by Crippen LogP contribution is 2.12. The van der Waals surface area contributed by atoms with Crippen molar-refractivity contribution in [3.8, 4) is 0 Å². The molecule has 1 atom stereocenters. The van der Waals surface area contributed by atoms with Crippen LogP contribution in [0.1, 0.15) is 19.3 Å². The summed E-state index contributed by atoms with van der Waals surface area (Å²) in [6.45, 7) is 3.36. The minimum absolute atomic E-state index is 0.115. The molecule has 0 bridgehead atoms. The molecule has 0 N–H and O–H groups in total. The van der Waals surface area contributed by atoms with Gasteiger partial charge in [0.1, 0.15) is 0 Å². The van der Waals surface area contributed by atoms with Gasteiger partial charge in [-0.3, -0.25) is 4.79 Å². The molecule has 0 aromatic rings. The van der Waals surface area contributed by atoms with Crippen LogP contribution in [0.4, 0.5) is 0 Å². The molecular weight excluding hydrogens is 182 g/mol. The molecule has 0 aromatic heterocycles. The quantitative estimate of drug-likeness (QED) is 0.614. The zero-order valence-electron chi connectivity index (χ0n) is 8.41. The summed E-state index contributed by atoms with van der Waals surface area (Å²) in [4.78, 5) is 13.8. The van der Waals surface area contributed by atoms with Crippen molar-refractivity contribution < 1.29 is 14.3 Å². The Morgan fingerprint density at radius 1 is 1.14 bits per heavy atom. The van der Waals surface area contributed by atoms with E-state index in [2.05, 4.69) is 0 Å². The van der Waals surface area contributed by atoms with Gasteiger partial charge < -0.3 is 14.4 Å². The fourth-order valence-electron chi connectivity index (χ4n) is 1.95. The molecule has 2 fully saturated rings. The van der Waals surface area contributed by atoms with Crippen molar-refractivity contribution in [2.75, 3.05) is 32.9 Å². The van der Waals surface area contributed by atoms with Gasteiger partial charge in [-0.1, -0.05) is 0 Å². The summed E-state index contributed by atoms with van der Waals surface area (Å²) < 4.78 is 10.6. The predicted molar refractivity (Wildman–Crippen MR) is 51.0 cm³/mol. The third-order valence-electron chi connectivity index (χ3n) is 2.76. The average molecular weight is 199 g/mol. The van der Waals surface area contributed by atoms with Gasteiger partial charge in [0, 0.05) is 13.1 Å². The SMILES string of the molecule is O=C(C1COCCO1)N1CCCCC1. The van der Waals surface area contributed by atoms with Gasteiger partial charge in [0.05, 0.1) is 19.8 Å². The highest BCUT2D eigenvalue weighted by Gasteiger charge is 2.27. The topological polar surface area (TPSA) is 38.8 Å². The summed E-state index contributed by atoms with van der Waals surface area (Å²) >= 11 is 0. The largest absolute Gasteiger partial charge is 0.376 e. The molecule has 2 heterocycles. The van der Waals surface area contributed by atoms with Crippen molar-refractivity contribution in [2.24, 2.45) is 0 Å². The Morgan fingerprint density at radius 2 is 1.93 bits per heavy atom. The zero-order chi connectivity index (χ0) is 9.80. The number of hydrogen-bond donors (Lipinski definition) is 0. The molecule has 4 heteroatoms. The third kappa shape index (κ3) is 2.25. The van der Waals surface area contributed by atoms with Gasteiger partial charge in [0.25, 0.3) is 5.91 Å². The van der Waals surface area contributed by atoms with Gasteiger partial charge in [-0.25, -0.2) is 0 Å². The van der Waals surface area contributed by atoms with Crippen molar-refractivity contribution in [3.63, 3.8) is 0 Å². The average Bonchev–Trinajstić information content (AvgIpc) is 2.30. The van der Waals surface area contributed by atoms with Crippen molar-refractivity contribution in [1.29, 1.82) is 0 Å². The van der Waals surface area contributed by atoms with Crippen LogP contribution in [0.2, 0.25) is 0 Å². The van der Waals surface area contributed by atoms with Crippen molar-refractivity contribution in [1.82, 2.24) is 4.90 Å². The summed E-state index contributed by atoms with van der Waals surface area (Å²) in [5.74, 6) is 0.115. The van der Waals surface area contributed by atoms with Gasteiger partial charge in [-0.2, -0.15) is 0 Å². The minimum atomic E-state index is -0.346. The maximum Gasteiger partial charge on any atom is 0.254 e. The van der Waals surface area contributed by atoms with Crippen LogP contribution in [-0.2, 0) is 14.3 Å². The third-order valence-corrected chi connectivity index (χ3v) is 2.76. The van der Waals surface area contributed by atoms with Crippen LogP contribution in [0.25, 0.3) is 0 Å². The zero-order valence-corrected chi connectivity index (χ0v) is 8.41. The molecule has 0 aromatic carbocycles. The standard InChI is InChI=1S/C10H17NO3/c12-10(9-8-13-6-7-14-9)11-4-2-1-3-5-11/h9H,1-8H2. The Morgan fingerprint density at radius 3 is 2.57 bits per heavy atom. The first kappa shape index (κ1) is 9.93. The second-order valence-corrected chi connectivity index (χ2v) is 3.82. The molecule has 2 aliphatic rings. The first-order valence-corrected chi connectivity index (χ1v) is 5.36. The summed E-state index contributed by atoms with van der Waals surface area (Å²) in [6, 6.07) is 0. The van der Waals surface area contributed by atoms with E-state index in [4.69, 9.17) is 9.47 Å². The first-order valence-electron chi connectivity index (χ1n) is 5.36. The first-order chi connectivity index (χ1) is 6.88. The number of carbonyl (C=O) groups is 1. The Balaban J connectivity index is 1.85. The van der Waals surface area contributed by atoms with E-state index in [1.54, 1.807) is 0 Å². The number of rotatable bonds is 1. The van der Waals surface area contributed by atoms with Crippen LogP contribution in [0.15, 0.2) is 0 Å². The fourth-order valence-corrected chi connectivity index (χ4v) is 1.95. The molecule has 1 amide bonds. The monoisotopic (exact) mass is 199 g/mol. The Labute approximate surface area is 84.2 Å². The van der Waals surface area contributed by atoms with Gasteiger partial charge >= 0.3 is 0 Å². The van der Waals surface area contributed by atoms with Crippen molar-refractivity contribution >= 4 is 5.91 Å². The molecule has 14 heavy (non-hydrogen) atoms. The molecule has 0 aliphatic carbocycles. The number of ether oxygens (including phenoxy) is 2. The number of hydrogen-bond acceptors (Lipinski definition) is 3. The lowest BCUT2D eigenvalue weighted by Crippen LogP contribution is -2.47. The maximum atomic E-state index is 11.9. The van der Waals surface area contributed by atoms with Crippen LogP contribution in [0, 0.1) is 0 Å². The molecule has 2 rings (SSSR count). The second kappa shape index (κ2) is 4.75. The van der Waals surface area contributed by atoms with Crippen LogP contribution in [-0.4, -0.2) is 49.8 Å². The van der Waals surface area contributed by atoms with E-state index in [1.807, 2.05) is 4.90 Å². The van der Waals surface area contributed by atoms with E-state index in [0.717, 1.165) is 25.9 Å². The predicted octanol–water partition coefficient (Wildman–Crippen LogP) is 0.414. The highest BCUT2D eigenvalue weighted by atomic mass is 16.6. The molecule has 4 nitrogen and oxygen atoms in total. The van der Waals surface area contributed by atoms with Crippen molar-refractivity contribution in [3.05, 3.63) is 0 Å². The van der Waals surface area contributed by atoms with Gasteiger partial charge in [-0.05, 0) is 19.3 Å². The maximum absolute atomic E-state index is 11.9. The lowest BCUT2D eigenvalue weighted by molar-refractivity contribution is -0.158. The number of likely N-dealkylation sites (tertiary alicyclic amines) is 1. The number of piperidine rings is 1. The van der Waals surface area contributed by atoms with Crippen LogP contribution in [0.5, 0.6) is 0 Å². The van der Waals surface area contributed by atoms with E-state index in [1.165, 1.54) is 6.42 Å². The molecule has 2 aliphatic heterocycles. The molecule has 80 valence electrons. The smallest absolute Gasteiger partial charge is 0.254 e. The van der Waals surface area contributed by atoms with Crippen molar-refractivity contribution in [2.45, 2.75) is 25.4 Å².